The standard InChI is InChI=1S/C20H24FN3O3.HI/c1-22-20(24-11-14-4-3-5-18(8-14)25-2)23-7-6-15-9-17(21)10-16-12-26-13-27-19(15)16;/h3-5,8-10H,6-7,11-13H2,1-2H3,(H2,22,23,24);1H. The van der Waals surface area contributed by atoms with Crippen molar-refractivity contribution in [3.63, 3.8) is 0 Å². The highest BCUT2D eigenvalue weighted by atomic mass is 127. The minimum absolute atomic E-state index is 0. The Balaban J connectivity index is 0.00000280. The molecule has 1 aliphatic rings. The van der Waals surface area contributed by atoms with Crippen LogP contribution in [0.2, 0.25) is 0 Å². The highest BCUT2D eigenvalue weighted by Crippen LogP contribution is 2.29. The van der Waals surface area contributed by atoms with Gasteiger partial charge in [-0.1, -0.05) is 12.1 Å². The van der Waals surface area contributed by atoms with Gasteiger partial charge in [-0.15, -0.1) is 24.0 Å². The van der Waals surface area contributed by atoms with E-state index in [-0.39, 0.29) is 36.6 Å². The lowest BCUT2D eigenvalue weighted by Crippen LogP contribution is -2.37. The van der Waals surface area contributed by atoms with Gasteiger partial charge in [0.15, 0.2) is 12.8 Å². The Labute approximate surface area is 181 Å². The Morgan fingerprint density at radius 3 is 2.89 bits per heavy atom. The zero-order valence-corrected chi connectivity index (χ0v) is 18.3. The molecular formula is C20H25FIN3O3. The summed E-state index contributed by atoms with van der Waals surface area (Å²) in [5.74, 6) is 1.94. The summed E-state index contributed by atoms with van der Waals surface area (Å²) in [4.78, 5) is 4.22. The number of rotatable bonds is 6. The van der Waals surface area contributed by atoms with Crippen LogP contribution < -0.4 is 20.1 Å². The molecule has 0 fully saturated rings. The molecule has 0 radical (unpaired) electrons. The first-order valence-electron chi connectivity index (χ1n) is 8.79. The van der Waals surface area contributed by atoms with Gasteiger partial charge in [0, 0.05) is 25.7 Å². The third-order valence-electron chi connectivity index (χ3n) is 4.26. The number of aliphatic imine (C=N–C) groups is 1. The number of hydrogen-bond donors (Lipinski definition) is 2. The SMILES string of the molecule is CN=C(NCCc1cc(F)cc2c1OCOC2)NCc1cccc(OC)c1.I. The Morgan fingerprint density at radius 2 is 2.11 bits per heavy atom. The molecular weight excluding hydrogens is 476 g/mol. The highest BCUT2D eigenvalue weighted by Gasteiger charge is 2.16. The summed E-state index contributed by atoms with van der Waals surface area (Å²) in [7, 11) is 3.36. The van der Waals surface area contributed by atoms with E-state index < -0.39 is 0 Å². The zero-order valence-electron chi connectivity index (χ0n) is 16.0. The summed E-state index contributed by atoms with van der Waals surface area (Å²) >= 11 is 0. The van der Waals surface area contributed by atoms with Crippen LogP contribution in [0.25, 0.3) is 0 Å². The first-order valence-corrected chi connectivity index (χ1v) is 8.79. The largest absolute Gasteiger partial charge is 0.497 e. The minimum Gasteiger partial charge on any atom is -0.497 e. The maximum Gasteiger partial charge on any atom is 0.191 e. The van der Waals surface area contributed by atoms with E-state index in [1.54, 1.807) is 14.2 Å². The van der Waals surface area contributed by atoms with Crippen LogP contribution in [0.3, 0.4) is 0 Å². The van der Waals surface area contributed by atoms with Gasteiger partial charge in [0.05, 0.1) is 13.7 Å². The number of ether oxygens (including phenoxy) is 3. The average Bonchev–Trinajstić information content (AvgIpc) is 2.70. The van der Waals surface area contributed by atoms with E-state index in [1.165, 1.54) is 12.1 Å². The Bertz CT molecular complexity index is 817. The summed E-state index contributed by atoms with van der Waals surface area (Å²) in [5.41, 5.74) is 2.66. The number of nitrogens with zero attached hydrogens (tertiary/aromatic N) is 1. The summed E-state index contributed by atoms with van der Waals surface area (Å²) < 4.78 is 29.8. The van der Waals surface area contributed by atoms with Crippen LogP contribution in [0.15, 0.2) is 41.4 Å². The lowest BCUT2D eigenvalue weighted by atomic mass is 10.1. The van der Waals surface area contributed by atoms with Crippen LogP contribution >= 0.6 is 24.0 Å². The molecule has 0 saturated carbocycles. The molecule has 0 aliphatic carbocycles. The maximum absolute atomic E-state index is 13.8. The van der Waals surface area contributed by atoms with E-state index >= 15 is 0 Å². The fourth-order valence-corrected chi connectivity index (χ4v) is 2.95. The van der Waals surface area contributed by atoms with E-state index in [0.29, 0.717) is 32.1 Å². The number of halogens is 2. The van der Waals surface area contributed by atoms with Gasteiger partial charge in [0.1, 0.15) is 17.3 Å². The van der Waals surface area contributed by atoms with Crippen molar-refractivity contribution in [1.82, 2.24) is 10.6 Å². The average molecular weight is 501 g/mol. The van der Waals surface area contributed by atoms with Crippen LogP contribution in [0.5, 0.6) is 11.5 Å². The molecule has 8 heteroatoms. The number of guanidine groups is 1. The second kappa shape index (κ2) is 11.1. The van der Waals surface area contributed by atoms with Crippen molar-refractivity contribution in [2.24, 2.45) is 4.99 Å². The van der Waals surface area contributed by atoms with E-state index in [2.05, 4.69) is 15.6 Å². The van der Waals surface area contributed by atoms with Gasteiger partial charge in [-0.2, -0.15) is 0 Å². The fourth-order valence-electron chi connectivity index (χ4n) is 2.95. The van der Waals surface area contributed by atoms with Crippen molar-refractivity contribution >= 4 is 29.9 Å². The van der Waals surface area contributed by atoms with Crippen molar-refractivity contribution < 1.29 is 18.6 Å². The van der Waals surface area contributed by atoms with E-state index in [4.69, 9.17) is 14.2 Å². The smallest absolute Gasteiger partial charge is 0.191 e. The molecule has 0 bridgehead atoms. The molecule has 0 aromatic heterocycles. The lowest BCUT2D eigenvalue weighted by Gasteiger charge is -2.21. The Morgan fingerprint density at radius 1 is 1.25 bits per heavy atom. The molecule has 1 heterocycles. The molecule has 2 aromatic rings. The highest BCUT2D eigenvalue weighted by molar-refractivity contribution is 14.0. The van der Waals surface area contributed by atoms with Crippen LogP contribution in [0.1, 0.15) is 16.7 Å². The van der Waals surface area contributed by atoms with E-state index in [1.807, 2.05) is 24.3 Å². The number of hydrogen-bond acceptors (Lipinski definition) is 4. The number of nitrogens with one attached hydrogen (secondary N) is 2. The van der Waals surface area contributed by atoms with Gasteiger partial charge in [0.25, 0.3) is 0 Å². The van der Waals surface area contributed by atoms with Crippen LogP contribution in [0, 0.1) is 5.82 Å². The summed E-state index contributed by atoms with van der Waals surface area (Å²) in [6.07, 6.45) is 0.611. The predicted molar refractivity (Wildman–Crippen MR) is 117 cm³/mol. The van der Waals surface area contributed by atoms with Crippen LogP contribution in [-0.4, -0.2) is 33.5 Å². The molecule has 6 nitrogen and oxygen atoms in total. The van der Waals surface area contributed by atoms with Gasteiger partial charge in [0.2, 0.25) is 0 Å². The summed E-state index contributed by atoms with van der Waals surface area (Å²) in [5, 5.41) is 6.50. The van der Waals surface area contributed by atoms with E-state index in [0.717, 1.165) is 28.2 Å². The van der Waals surface area contributed by atoms with Crippen molar-refractivity contribution in [3.8, 4) is 11.5 Å². The van der Waals surface area contributed by atoms with Gasteiger partial charge in [-0.25, -0.2) is 4.39 Å². The molecule has 0 saturated heterocycles. The Kier molecular flexibility index (Phi) is 8.78. The van der Waals surface area contributed by atoms with E-state index in [9.17, 15) is 4.39 Å². The van der Waals surface area contributed by atoms with Crippen molar-refractivity contribution in [2.45, 2.75) is 19.6 Å². The molecule has 0 spiro atoms. The fraction of sp³-hybridized carbons (Fsp3) is 0.350. The van der Waals surface area contributed by atoms with Gasteiger partial charge in [-0.3, -0.25) is 4.99 Å². The van der Waals surface area contributed by atoms with Crippen LogP contribution in [-0.2, 0) is 24.3 Å². The normalized spacial score (nSPS) is 13.0. The van der Waals surface area contributed by atoms with Crippen molar-refractivity contribution in [2.75, 3.05) is 27.5 Å². The second-order valence-electron chi connectivity index (χ2n) is 6.12. The molecule has 3 rings (SSSR count). The zero-order chi connectivity index (χ0) is 19.1. The van der Waals surface area contributed by atoms with Crippen molar-refractivity contribution in [1.29, 1.82) is 0 Å². The minimum atomic E-state index is -0.279. The molecule has 2 aromatic carbocycles. The van der Waals surface area contributed by atoms with Gasteiger partial charge >= 0.3 is 0 Å². The molecule has 1 aliphatic heterocycles. The third-order valence-corrected chi connectivity index (χ3v) is 4.26. The van der Waals surface area contributed by atoms with Gasteiger partial charge in [-0.05, 0) is 41.8 Å². The summed E-state index contributed by atoms with van der Waals surface area (Å²) in [6, 6.07) is 10.8. The molecule has 0 amide bonds. The lowest BCUT2D eigenvalue weighted by molar-refractivity contribution is -0.0172. The van der Waals surface area contributed by atoms with Gasteiger partial charge < -0.3 is 24.8 Å². The topological polar surface area (TPSA) is 64.1 Å². The monoisotopic (exact) mass is 501 g/mol. The van der Waals surface area contributed by atoms with Crippen molar-refractivity contribution in [3.05, 3.63) is 58.9 Å². The second-order valence-corrected chi connectivity index (χ2v) is 6.12. The molecule has 28 heavy (non-hydrogen) atoms. The molecule has 0 unspecified atom stereocenters. The first-order chi connectivity index (χ1) is 13.2. The number of methoxy groups -OCH3 is 1. The third kappa shape index (κ3) is 5.96. The van der Waals surface area contributed by atoms with Crippen LogP contribution in [0.4, 0.5) is 4.39 Å². The Hall–Kier alpha value is -2.07. The predicted octanol–water partition coefficient (Wildman–Crippen LogP) is 3.23. The number of fused-ring (bicyclic) bond motifs is 1. The number of benzene rings is 2. The molecule has 2 N–H and O–H groups in total. The molecule has 152 valence electrons. The molecule has 0 atom stereocenters. The summed E-state index contributed by atoms with van der Waals surface area (Å²) in [6.45, 7) is 1.78. The maximum atomic E-state index is 13.8. The first kappa shape index (κ1) is 22.2. The quantitative estimate of drug-likeness (QED) is 0.362.